The van der Waals surface area contributed by atoms with E-state index in [-0.39, 0.29) is 12.1 Å². The number of aromatic nitrogens is 4. The molecule has 3 rings (SSSR count). The Morgan fingerprint density at radius 3 is 3.16 bits per heavy atom. The molecule has 0 saturated carbocycles. The molecule has 0 bridgehead atoms. The average molecular weight is 346 g/mol. The largest absolute Gasteiger partial charge is 0.474 e. The number of anilines is 1. The van der Waals surface area contributed by atoms with Gasteiger partial charge in [-0.3, -0.25) is 4.68 Å². The van der Waals surface area contributed by atoms with Gasteiger partial charge in [0.1, 0.15) is 12.3 Å². The first-order chi connectivity index (χ1) is 12.2. The van der Waals surface area contributed by atoms with E-state index < -0.39 is 0 Å². The summed E-state index contributed by atoms with van der Waals surface area (Å²) in [6.07, 6.45) is 4.00. The second-order valence-corrected chi connectivity index (χ2v) is 5.84. The van der Waals surface area contributed by atoms with Gasteiger partial charge in [-0.1, -0.05) is 5.21 Å². The molecule has 2 N–H and O–H groups in total. The van der Waals surface area contributed by atoms with Crippen molar-refractivity contribution in [1.29, 1.82) is 0 Å². The predicted molar refractivity (Wildman–Crippen MR) is 90.6 cm³/mol. The van der Waals surface area contributed by atoms with Crippen LogP contribution < -0.4 is 15.4 Å². The maximum absolute atomic E-state index is 12.3. The summed E-state index contributed by atoms with van der Waals surface area (Å²) in [4.78, 5) is 16.5. The van der Waals surface area contributed by atoms with E-state index in [1.807, 2.05) is 7.05 Å². The summed E-state index contributed by atoms with van der Waals surface area (Å²) in [7, 11) is 3.49. The molecule has 25 heavy (non-hydrogen) atoms. The van der Waals surface area contributed by atoms with Crippen molar-refractivity contribution in [3.63, 3.8) is 0 Å². The van der Waals surface area contributed by atoms with E-state index in [2.05, 4.69) is 25.9 Å². The summed E-state index contributed by atoms with van der Waals surface area (Å²) in [6.45, 7) is 0.812. The molecular weight excluding hydrogens is 324 g/mol. The highest BCUT2D eigenvalue weighted by molar-refractivity contribution is 5.90. The molecule has 1 aliphatic rings. The Labute approximate surface area is 145 Å². The molecule has 2 aromatic heterocycles. The molecule has 2 heterocycles. The highest BCUT2D eigenvalue weighted by atomic mass is 16.5. The molecule has 0 aliphatic heterocycles. The summed E-state index contributed by atoms with van der Waals surface area (Å²) in [5.41, 5.74) is 2.61. The third kappa shape index (κ3) is 4.24. The molecule has 9 heteroatoms. The van der Waals surface area contributed by atoms with Gasteiger partial charge in [-0.05, 0) is 25.0 Å². The Morgan fingerprint density at radius 1 is 1.44 bits per heavy atom. The van der Waals surface area contributed by atoms with Crippen LogP contribution in [0.15, 0.2) is 18.3 Å². The van der Waals surface area contributed by atoms with E-state index >= 15 is 0 Å². The average Bonchev–Trinajstić information content (AvgIpc) is 2.97. The zero-order valence-corrected chi connectivity index (χ0v) is 14.4. The van der Waals surface area contributed by atoms with Crippen molar-refractivity contribution in [3.8, 4) is 5.88 Å². The highest BCUT2D eigenvalue weighted by Crippen LogP contribution is 2.21. The predicted octanol–water partition coefficient (Wildman–Crippen LogP) is 0.914. The van der Waals surface area contributed by atoms with E-state index in [1.54, 1.807) is 30.1 Å². The number of carbonyl (C=O) groups excluding carboxylic acids is 1. The molecule has 2 amide bonds. The lowest BCUT2D eigenvalue weighted by molar-refractivity contribution is 0.144. The van der Waals surface area contributed by atoms with Crippen molar-refractivity contribution in [1.82, 2.24) is 25.3 Å². The van der Waals surface area contributed by atoms with E-state index in [0.717, 1.165) is 24.2 Å². The number of urea groups is 1. The molecule has 0 fully saturated rings. The molecule has 1 unspecified atom stereocenters. The van der Waals surface area contributed by atoms with E-state index in [4.69, 9.17) is 9.47 Å². The molecule has 0 spiro atoms. The van der Waals surface area contributed by atoms with Gasteiger partial charge in [-0.15, -0.1) is 5.10 Å². The van der Waals surface area contributed by atoms with Crippen LogP contribution in [-0.4, -0.2) is 52.4 Å². The van der Waals surface area contributed by atoms with Gasteiger partial charge in [0, 0.05) is 32.8 Å². The molecule has 0 saturated heterocycles. The minimum atomic E-state index is -0.290. The van der Waals surface area contributed by atoms with Crippen molar-refractivity contribution in [2.45, 2.75) is 25.3 Å². The molecule has 2 aromatic rings. The van der Waals surface area contributed by atoms with Crippen LogP contribution in [0.2, 0.25) is 0 Å². The standard InChI is InChI=1S/C16H22N6O3/c1-22-14-6-5-11(10-13(14)20-21-22)18-16(23)19-12-4-3-7-17-15(12)25-9-8-24-2/h3-4,7,11H,5-6,8-10H2,1-2H3,(H2,18,19,23). The molecule has 1 atom stereocenters. The number of aryl methyl sites for hydroxylation is 1. The van der Waals surface area contributed by atoms with Crippen molar-refractivity contribution in [3.05, 3.63) is 29.7 Å². The van der Waals surface area contributed by atoms with Crippen LogP contribution in [0, 0.1) is 0 Å². The Hall–Kier alpha value is -2.68. The van der Waals surface area contributed by atoms with Gasteiger partial charge in [-0.25, -0.2) is 9.78 Å². The first kappa shape index (κ1) is 17.2. The second-order valence-electron chi connectivity index (χ2n) is 5.84. The van der Waals surface area contributed by atoms with Gasteiger partial charge >= 0.3 is 6.03 Å². The van der Waals surface area contributed by atoms with Crippen molar-refractivity contribution < 1.29 is 14.3 Å². The van der Waals surface area contributed by atoms with Crippen molar-refractivity contribution in [2.75, 3.05) is 25.6 Å². The number of amides is 2. The first-order valence-corrected chi connectivity index (χ1v) is 8.19. The second kappa shape index (κ2) is 7.93. The van der Waals surface area contributed by atoms with Gasteiger partial charge in [0.05, 0.1) is 18.0 Å². The summed E-state index contributed by atoms with van der Waals surface area (Å²) < 4.78 is 12.3. The molecule has 1 aliphatic carbocycles. The third-order valence-electron chi connectivity index (χ3n) is 4.07. The normalized spacial score (nSPS) is 16.2. The number of fused-ring (bicyclic) bond motifs is 1. The van der Waals surface area contributed by atoms with E-state index in [1.165, 1.54) is 0 Å². The van der Waals surface area contributed by atoms with E-state index in [9.17, 15) is 4.79 Å². The monoisotopic (exact) mass is 346 g/mol. The van der Waals surface area contributed by atoms with Crippen molar-refractivity contribution >= 4 is 11.7 Å². The van der Waals surface area contributed by atoms with Crippen molar-refractivity contribution in [2.24, 2.45) is 7.05 Å². The van der Waals surface area contributed by atoms with Crippen LogP contribution in [0.4, 0.5) is 10.5 Å². The maximum atomic E-state index is 12.3. The quantitative estimate of drug-likeness (QED) is 0.754. The smallest absolute Gasteiger partial charge is 0.319 e. The minimum Gasteiger partial charge on any atom is -0.474 e. The Bertz CT molecular complexity index is 732. The Kier molecular flexibility index (Phi) is 5.44. The number of hydrogen-bond donors (Lipinski definition) is 2. The summed E-state index contributed by atoms with van der Waals surface area (Å²) in [5, 5.41) is 14.0. The summed E-state index contributed by atoms with van der Waals surface area (Å²) in [5.74, 6) is 0.370. The number of rotatable bonds is 6. The molecule has 9 nitrogen and oxygen atoms in total. The fourth-order valence-electron chi connectivity index (χ4n) is 2.82. The van der Waals surface area contributed by atoms with Gasteiger partial charge < -0.3 is 20.1 Å². The third-order valence-corrected chi connectivity index (χ3v) is 4.07. The number of methoxy groups -OCH3 is 1. The minimum absolute atomic E-state index is 0.0266. The lowest BCUT2D eigenvalue weighted by Crippen LogP contribution is -2.41. The lowest BCUT2D eigenvalue weighted by Gasteiger charge is -2.23. The highest BCUT2D eigenvalue weighted by Gasteiger charge is 2.24. The number of pyridine rings is 1. The number of nitrogens with one attached hydrogen (secondary N) is 2. The van der Waals surface area contributed by atoms with Crippen LogP contribution in [-0.2, 0) is 24.6 Å². The Morgan fingerprint density at radius 2 is 2.32 bits per heavy atom. The molecule has 0 radical (unpaired) electrons. The number of nitrogens with zero attached hydrogens (tertiary/aromatic N) is 4. The van der Waals surface area contributed by atoms with Gasteiger partial charge in [0.15, 0.2) is 0 Å². The first-order valence-electron chi connectivity index (χ1n) is 8.19. The van der Waals surface area contributed by atoms with Crippen LogP contribution in [0.3, 0.4) is 0 Å². The van der Waals surface area contributed by atoms with Gasteiger partial charge in [0.25, 0.3) is 0 Å². The number of carbonyl (C=O) groups is 1. The van der Waals surface area contributed by atoms with Crippen LogP contribution in [0.1, 0.15) is 17.8 Å². The van der Waals surface area contributed by atoms with Crippen LogP contribution >= 0.6 is 0 Å². The Balaban J connectivity index is 1.56. The SMILES string of the molecule is COCCOc1ncccc1NC(=O)NC1CCc2c(nnn2C)C1. The van der Waals surface area contributed by atoms with Crippen LogP contribution in [0.5, 0.6) is 5.88 Å². The number of hydrogen-bond acceptors (Lipinski definition) is 6. The zero-order chi connectivity index (χ0) is 17.6. The summed E-state index contributed by atoms with van der Waals surface area (Å²) in [6, 6.07) is 3.22. The molecular formula is C16H22N6O3. The van der Waals surface area contributed by atoms with Gasteiger partial charge in [0.2, 0.25) is 5.88 Å². The number of ether oxygens (including phenoxy) is 2. The topological polar surface area (TPSA) is 103 Å². The van der Waals surface area contributed by atoms with E-state index in [0.29, 0.717) is 31.2 Å². The fourth-order valence-corrected chi connectivity index (χ4v) is 2.82. The molecule has 0 aromatic carbocycles. The molecule has 134 valence electrons. The maximum Gasteiger partial charge on any atom is 0.319 e. The van der Waals surface area contributed by atoms with Crippen LogP contribution in [0.25, 0.3) is 0 Å². The summed E-state index contributed by atoms with van der Waals surface area (Å²) >= 11 is 0. The van der Waals surface area contributed by atoms with Gasteiger partial charge in [-0.2, -0.15) is 0 Å². The zero-order valence-electron chi connectivity index (χ0n) is 14.4. The lowest BCUT2D eigenvalue weighted by atomic mass is 9.96. The fraction of sp³-hybridized carbons (Fsp3) is 0.500.